The molecule has 0 aliphatic rings. The fourth-order valence-corrected chi connectivity index (χ4v) is 2.42. The molecule has 30 heavy (non-hydrogen) atoms. The highest BCUT2D eigenvalue weighted by atomic mass is 35.5. The van der Waals surface area contributed by atoms with E-state index in [9.17, 15) is 24.5 Å². The van der Waals surface area contributed by atoms with E-state index in [4.69, 9.17) is 21.6 Å². The maximum Gasteiger partial charge on any atom is 0.338 e. The van der Waals surface area contributed by atoms with Gasteiger partial charge < -0.3 is 15.4 Å². The maximum absolute atomic E-state index is 12.2. The standard InChI is InChI=1S/C19H15ClN4O6/c1-11(18(26)23-16-7-6-14(24(28)29)10-15(16)20)30-19(27)12-2-4-13(5-3-12)22-17(25)8-9-21/h2-7,10-11H,8H2,1H3,(H,22,25)(H,23,26). The average Bonchev–Trinajstić information content (AvgIpc) is 2.69. The predicted octanol–water partition coefficient (Wildman–Crippen LogP) is 3.28. The molecule has 0 heterocycles. The number of nitrogens with one attached hydrogen (secondary N) is 2. The Morgan fingerprint density at radius 2 is 1.87 bits per heavy atom. The smallest absolute Gasteiger partial charge is 0.338 e. The Bertz CT molecular complexity index is 1030. The molecular formula is C19H15ClN4O6. The zero-order valence-corrected chi connectivity index (χ0v) is 16.3. The third-order valence-electron chi connectivity index (χ3n) is 3.72. The summed E-state index contributed by atoms with van der Waals surface area (Å²) in [5.74, 6) is -1.94. The van der Waals surface area contributed by atoms with E-state index in [1.54, 1.807) is 6.07 Å². The topological polar surface area (TPSA) is 151 Å². The summed E-state index contributed by atoms with van der Waals surface area (Å²) < 4.78 is 5.10. The second kappa shape index (κ2) is 9.99. The van der Waals surface area contributed by atoms with E-state index >= 15 is 0 Å². The number of rotatable bonds is 7. The number of halogens is 1. The van der Waals surface area contributed by atoms with Crippen molar-refractivity contribution in [2.75, 3.05) is 10.6 Å². The minimum absolute atomic E-state index is 0.0369. The van der Waals surface area contributed by atoms with Gasteiger partial charge in [-0.25, -0.2) is 4.79 Å². The summed E-state index contributed by atoms with van der Waals surface area (Å²) in [4.78, 5) is 45.9. The van der Waals surface area contributed by atoms with Crippen molar-refractivity contribution in [3.8, 4) is 6.07 Å². The Morgan fingerprint density at radius 3 is 2.43 bits per heavy atom. The number of nitro groups is 1. The van der Waals surface area contributed by atoms with Gasteiger partial charge in [-0.2, -0.15) is 5.26 Å². The van der Waals surface area contributed by atoms with E-state index in [1.807, 2.05) is 0 Å². The van der Waals surface area contributed by atoms with Crippen LogP contribution in [0.2, 0.25) is 5.02 Å². The Labute approximate surface area is 175 Å². The van der Waals surface area contributed by atoms with Gasteiger partial charge in [0, 0.05) is 17.8 Å². The van der Waals surface area contributed by atoms with Gasteiger partial charge in [-0.1, -0.05) is 11.6 Å². The minimum atomic E-state index is -1.18. The Kier molecular flexibility index (Phi) is 7.44. The summed E-state index contributed by atoms with van der Waals surface area (Å²) >= 11 is 5.92. The van der Waals surface area contributed by atoms with Crippen molar-refractivity contribution in [3.63, 3.8) is 0 Å². The van der Waals surface area contributed by atoms with Crippen LogP contribution in [0.3, 0.4) is 0 Å². The third-order valence-corrected chi connectivity index (χ3v) is 4.03. The lowest BCUT2D eigenvalue weighted by Crippen LogP contribution is -2.30. The van der Waals surface area contributed by atoms with E-state index in [-0.39, 0.29) is 28.4 Å². The molecule has 10 nitrogen and oxygen atoms in total. The lowest BCUT2D eigenvalue weighted by Gasteiger charge is -2.14. The molecule has 0 saturated heterocycles. The number of nitriles is 1. The van der Waals surface area contributed by atoms with Crippen LogP contribution in [-0.4, -0.2) is 28.8 Å². The number of amides is 2. The summed E-state index contributed by atoms with van der Waals surface area (Å²) in [6.45, 7) is 1.35. The summed E-state index contributed by atoms with van der Waals surface area (Å²) in [5.41, 5.74) is 0.434. The molecule has 0 fully saturated rings. The number of nitro benzene ring substituents is 1. The van der Waals surface area contributed by atoms with Crippen LogP contribution in [0.15, 0.2) is 42.5 Å². The first-order valence-electron chi connectivity index (χ1n) is 8.44. The fourth-order valence-electron chi connectivity index (χ4n) is 2.20. The van der Waals surface area contributed by atoms with Crippen molar-refractivity contribution >= 4 is 46.4 Å². The van der Waals surface area contributed by atoms with Crippen LogP contribution >= 0.6 is 11.6 Å². The van der Waals surface area contributed by atoms with Gasteiger partial charge in [0.25, 0.3) is 11.6 Å². The number of anilines is 2. The number of esters is 1. The number of carbonyl (C=O) groups excluding carboxylic acids is 3. The van der Waals surface area contributed by atoms with Crippen LogP contribution in [0.25, 0.3) is 0 Å². The molecule has 2 aromatic carbocycles. The van der Waals surface area contributed by atoms with Gasteiger partial charge in [0.05, 0.1) is 27.3 Å². The zero-order valence-electron chi connectivity index (χ0n) is 15.5. The Balaban J connectivity index is 1.96. The lowest BCUT2D eigenvalue weighted by molar-refractivity contribution is -0.384. The van der Waals surface area contributed by atoms with Crippen LogP contribution in [0.5, 0.6) is 0 Å². The van der Waals surface area contributed by atoms with Crippen molar-refractivity contribution in [3.05, 3.63) is 63.2 Å². The van der Waals surface area contributed by atoms with Crippen LogP contribution in [0, 0.1) is 21.4 Å². The van der Waals surface area contributed by atoms with Gasteiger partial charge in [0.2, 0.25) is 5.91 Å². The highest BCUT2D eigenvalue weighted by Gasteiger charge is 2.20. The van der Waals surface area contributed by atoms with E-state index in [1.165, 1.54) is 43.3 Å². The molecule has 1 unspecified atom stereocenters. The molecule has 1 atom stereocenters. The van der Waals surface area contributed by atoms with Crippen LogP contribution in [0.4, 0.5) is 17.1 Å². The van der Waals surface area contributed by atoms with Gasteiger partial charge in [-0.15, -0.1) is 0 Å². The van der Waals surface area contributed by atoms with E-state index in [0.29, 0.717) is 5.69 Å². The van der Waals surface area contributed by atoms with Crippen LogP contribution < -0.4 is 10.6 Å². The van der Waals surface area contributed by atoms with Crippen molar-refractivity contribution in [2.45, 2.75) is 19.4 Å². The number of hydrogen-bond donors (Lipinski definition) is 2. The van der Waals surface area contributed by atoms with Crippen molar-refractivity contribution in [1.29, 1.82) is 5.26 Å². The van der Waals surface area contributed by atoms with E-state index in [2.05, 4.69) is 10.6 Å². The molecule has 2 aromatic rings. The summed E-state index contributed by atoms with van der Waals surface area (Å²) in [6.07, 6.45) is -1.48. The first-order chi connectivity index (χ1) is 14.2. The van der Waals surface area contributed by atoms with Gasteiger partial charge in [-0.3, -0.25) is 19.7 Å². The average molecular weight is 431 g/mol. The van der Waals surface area contributed by atoms with Crippen LogP contribution in [0.1, 0.15) is 23.7 Å². The lowest BCUT2D eigenvalue weighted by atomic mass is 10.2. The SMILES string of the molecule is CC(OC(=O)c1ccc(NC(=O)CC#N)cc1)C(=O)Nc1ccc([N+](=O)[O-])cc1Cl. The number of nitrogens with zero attached hydrogens (tertiary/aromatic N) is 2. The van der Waals surface area contributed by atoms with Gasteiger partial charge in [0.15, 0.2) is 6.10 Å². The van der Waals surface area contributed by atoms with Crippen molar-refractivity contribution < 1.29 is 24.0 Å². The first kappa shape index (κ1) is 22.3. The number of non-ortho nitro benzene ring substituents is 1. The van der Waals surface area contributed by atoms with Crippen LogP contribution in [-0.2, 0) is 14.3 Å². The quantitative estimate of drug-likeness (QED) is 0.388. The highest BCUT2D eigenvalue weighted by molar-refractivity contribution is 6.34. The van der Waals surface area contributed by atoms with Gasteiger partial charge in [-0.05, 0) is 37.3 Å². The summed E-state index contributed by atoms with van der Waals surface area (Å²) in [6, 6.07) is 10.9. The van der Waals surface area contributed by atoms with Gasteiger partial charge >= 0.3 is 5.97 Å². The molecule has 0 aromatic heterocycles. The predicted molar refractivity (Wildman–Crippen MR) is 107 cm³/mol. The van der Waals surface area contributed by atoms with Crippen molar-refractivity contribution in [2.24, 2.45) is 0 Å². The number of hydrogen-bond acceptors (Lipinski definition) is 7. The molecule has 11 heteroatoms. The van der Waals surface area contributed by atoms with E-state index in [0.717, 1.165) is 6.07 Å². The molecular weight excluding hydrogens is 416 g/mol. The molecule has 0 aliphatic carbocycles. The first-order valence-corrected chi connectivity index (χ1v) is 8.81. The molecule has 154 valence electrons. The molecule has 2 amide bonds. The molecule has 0 radical (unpaired) electrons. The molecule has 2 N–H and O–H groups in total. The Hall–Kier alpha value is -3.97. The highest BCUT2D eigenvalue weighted by Crippen LogP contribution is 2.26. The number of carbonyl (C=O) groups is 3. The second-order valence-electron chi connectivity index (χ2n) is 5.92. The minimum Gasteiger partial charge on any atom is -0.449 e. The van der Waals surface area contributed by atoms with Crippen molar-refractivity contribution in [1.82, 2.24) is 0 Å². The largest absolute Gasteiger partial charge is 0.449 e. The third kappa shape index (κ3) is 6.02. The molecule has 0 aliphatic heterocycles. The fraction of sp³-hybridized carbons (Fsp3) is 0.158. The number of benzene rings is 2. The Morgan fingerprint density at radius 1 is 1.20 bits per heavy atom. The summed E-state index contributed by atoms with van der Waals surface area (Å²) in [5, 5.41) is 24.1. The van der Waals surface area contributed by atoms with E-state index < -0.39 is 28.8 Å². The monoisotopic (exact) mass is 430 g/mol. The molecule has 0 saturated carbocycles. The normalized spacial score (nSPS) is 11.0. The maximum atomic E-state index is 12.2. The molecule has 2 rings (SSSR count). The van der Waals surface area contributed by atoms with Gasteiger partial charge in [0.1, 0.15) is 6.42 Å². The molecule has 0 bridgehead atoms. The second-order valence-corrected chi connectivity index (χ2v) is 6.33. The summed E-state index contributed by atoms with van der Waals surface area (Å²) in [7, 11) is 0. The zero-order chi connectivity index (χ0) is 22.3. The molecule has 0 spiro atoms. The number of ether oxygens (including phenoxy) is 1.